The van der Waals surface area contributed by atoms with E-state index < -0.39 is 6.04 Å². The van der Waals surface area contributed by atoms with Crippen molar-refractivity contribution in [2.24, 2.45) is 5.92 Å². The molecule has 6 heteroatoms. The Labute approximate surface area is 176 Å². The second-order valence-electron chi connectivity index (χ2n) is 7.53. The van der Waals surface area contributed by atoms with Crippen molar-refractivity contribution in [3.63, 3.8) is 0 Å². The van der Waals surface area contributed by atoms with E-state index in [0.29, 0.717) is 18.0 Å². The number of aryl methyl sites for hydroxylation is 1. The van der Waals surface area contributed by atoms with Crippen LogP contribution < -0.4 is 5.32 Å². The zero-order valence-electron chi connectivity index (χ0n) is 17.4. The van der Waals surface area contributed by atoms with Gasteiger partial charge in [0, 0.05) is 23.5 Å². The first-order chi connectivity index (χ1) is 13.8. The Balaban J connectivity index is 2.13. The molecule has 0 aliphatic heterocycles. The summed E-state index contributed by atoms with van der Waals surface area (Å²) in [7, 11) is 0. The van der Waals surface area contributed by atoms with Crippen molar-refractivity contribution in [2.75, 3.05) is 12.3 Å². The van der Waals surface area contributed by atoms with Crippen LogP contribution in [0.1, 0.15) is 31.9 Å². The normalized spacial score (nSPS) is 11.9. The molecule has 0 aliphatic rings. The summed E-state index contributed by atoms with van der Waals surface area (Å²) in [6.45, 7) is 8.29. The third-order valence-electron chi connectivity index (χ3n) is 4.53. The van der Waals surface area contributed by atoms with Crippen LogP contribution in [0.2, 0.25) is 0 Å². The van der Waals surface area contributed by atoms with Gasteiger partial charge in [0.2, 0.25) is 11.8 Å². The molecule has 2 amide bonds. The van der Waals surface area contributed by atoms with Gasteiger partial charge in [-0.2, -0.15) is 0 Å². The molecule has 0 radical (unpaired) electrons. The average molecular weight is 417 g/mol. The molecule has 1 N–H and O–H groups in total. The average Bonchev–Trinajstić information content (AvgIpc) is 2.70. The summed E-state index contributed by atoms with van der Waals surface area (Å²) in [4.78, 5) is 28.0. The molecule has 0 bridgehead atoms. The van der Waals surface area contributed by atoms with Crippen LogP contribution in [0.25, 0.3) is 0 Å². The molecule has 2 aromatic rings. The molecule has 1 atom stereocenters. The number of benzene rings is 2. The number of halogens is 1. The molecule has 0 heterocycles. The van der Waals surface area contributed by atoms with Gasteiger partial charge in [-0.15, -0.1) is 11.8 Å². The summed E-state index contributed by atoms with van der Waals surface area (Å²) in [6.07, 6.45) is 0. The summed E-state index contributed by atoms with van der Waals surface area (Å²) in [5.74, 6) is -0.334. The largest absolute Gasteiger partial charge is 0.354 e. The number of amides is 2. The van der Waals surface area contributed by atoms with E-state index in [4.69, 9.17) is 0 Å². The highest BCUT2D eigenvalue weighted by molar-refractivity contribution is 8.00. The summed E-state index contributed by atoms with van der Waals surface area (Å²) in [5, 5.41) is 2.86. The maximum Gasteiger partial charge on any atom is 0.242 e. The van der Waals surface area contributed by atoms with Gasteiger partial charge in [-0.3, -0.25) is 9.59 Å². The van der Waals surface area contributed by atoms with Crippen LogP contribution in [0.4, 0.5) is 4.39 Å². The van der Waals surface area contributed by atoms with Gasteiger partial charge in [-0.1, -0.05) is 49.7 Å². The van der Waals surface area contributed by atoms with Gasteiger partial charge >= 0.3 is 0 Å². The summed E-state index contributed by atoms with van der Waals surface area (Å²) in [5.41, 5.74) is 1.54. The van der Waals surface area contributed by atoms with Crippen molar-refractivity contribution >= 4 is 23.6 Å². The Bertz CT molecular complexity index is 824. The molecule has 4 nitrogen and oxygen atoms in total. The van der Waals surface area contributed by atoms with Crippen molar-refractivity contribution in [1.82, 2.24) is 10.2 Å². The van der Waals surface area contributed by atoms with E-state index in [2.05, 4.69) is 5.32 Å². The third kappa shape index (κ3) is 7.20. The fourth-order valence-electron chi connectivity index (χ4n) is 2.71. The van der Waals surface area contributed by atoms with Gasteiger partial charge < -0.3 is 10.2 Å². The molecule has 2 rings (SSSR count). The van der Waals surface area contributed by atoms with E-state index >= 15 is 0 Å². The number of nitrogens with zero attached hydrogens (tertiary/aromatic N) is 1. The summed E-state index contributed by atoms with van der Waals surface area (Å²) < 4.78 is 14.2. The van der Waals surface area contributed by atoms with Gasteiger partial charge in [0.1, 0.15) is 11.9 Å². The Hall–Kier alpha value is -2.34. The van der Waals surface area contributed by atoms with Gasteiger partial charge in [-0.25, -0.2) is 4.39 Å². The smallest absolute Gasteiger partial charge is 0.242 e. The minimum Gasteiger partial charge on any atom is -0.354 e. The maximum atomic E-state index is 14.2. The first kappa shape index (κ1) is 22.9. The molecule has 0 fully saturated rings. The summed E-state index contributed by atoms with van der Waals surface area (Å²) >= 11 is 1.41. The van der Waals surface area contributed by atoms with E-state index in [9.17, 15) is 14.0 Å². The Morgan fingerprint density at radius 2 is 1.72 bits per heavy atom. The SMILES string of the molecule is Cc1ccc(SCC(=O)N(Cc2ccccc2F)[C@@H](C)C(=O)NCC(C)C)cc1. The summed E-state index contributed by atoms with van der Waals surface area (Å²) in [6, 6.07) is 13.6. The molecule has 0 saturated heterocycles. The number of hydrogen-bond acceptors (Lipinski definition) is 3. The fourth-order valence-corrected chi connectivity index (χ4v) is 3.49. The van der Waals surface area contributed by atoms with Crippen LogP contribution in [-0.4, -0.2) is 35.1 Å². The highest BCUT2D eigenvalue weighted by Crippen LogP contribution is 2.21. The van der Waals surface area contributed by atoms with Gasteiger partial charge in [-0.05, 0) is 38.0 Å². The minimum atomic E-state index is -0.695. The van der Waals surface area contributed by atoms with E-state index in [1.807, 2.05) is 45.0 Å². The predicted octanol–water partition coefficient (Wildman–Crippen LogP) is 4.42. The van der Waals surface area contributed by atoms with Crippen molar-refractivity contribution < 1.29 is 14.0 Å². The van der Waals surface area contributed by atoms with Crippen molar-refractivity contribution in [3.8, 4) is 0 Å². The number of nitrogens with one attached hydrogen (secondary N) is 1. The topological polar surface area (TPSA) is 49.4 Å². The maximum absolute atomic E-state index is 14.2. The molecule has 0 spiro atoms. The van der Waals surface area contributed by atoms with Crippen LogP contribution >= 0.6 is 11.8 Å². The van der Waals surface area contributed by atoms with Gasteiger partial charge in [0.05, 0.1) is 5.75 Å². The molecule has 2 aromatic carbocycles. The van der Waals surface area contributed by atoms with Crippen LogP contribution in [0.3, 0.4) is 0 Å². The Morgan fingerprint density at radius 3 is 2.34 bits per heavy atom. The van der Waals surface area contributed by atoms with Crippen LogP contribution in [-0.2, 0) is 16.1 Å². The Kier molecular flexibility index (Phi) is 8.70. The van der Waals surface area contributed by atoms with Crippen LogP contribution in [0.5, 0.6) is 0 Å². The lowest BCUT2D eigenvalue weighted by molar-refractivity contribution is -0.138. The number of rotatable bonds is 9. The molecule has 156 valence electrons. The third-order valence-corrected chi connectivity index (χ3v) is 5.53. The van der Waals surface area contributed by atoms with Crippen LogP contribution in [0.15, 0.2) is 53.4 Å². The molecule has 29 heavy (non-hydrogen) atoms. The van der Waals surface area contributed by atoms with Gasteiger partial charge in [0.25, 0.3) is 0 Å². The molecule has 0 aromatic heterocycles. The molecule has 0 unspecified atom stereocenters. The number of carbonyl (C=O) groups excluding carboxylic acids is 2. The Morgan fingerprint density at radius 1 is 1.07 bits per heavy atom. The number of hydrogen-bond donors (Lipinski definition) is 1. The molecule has 0 saturated carbocycles. The highest BCUT2D eigenvalue weighted by atomic mass is 32.2. The fraction of sp³-hybridized carbons (Fsp3) is 0.391. The van der Waals surface area contributed by atoms with E-state index in [1.165, 1.54) is 22.7 Å². The number of thioether (sulfide) groups is 1. The van der Waals surface area contributed by atoms with Crippen LogP contribution in [0, 0.1) is 18.7 Å². The lowest BCUT2D eigenvalue weighted by Gasteiger charge is -2.29. The standard InChI is InChI=1S/C23H29FN2O2S/c1-16(2)13-25-23(28)18(4)26(14-19-7-5-6-8-21(19)24)22(27)15-29-20-11-9-17(3)10-12-20/h5-12,16,18H,13-15H2,1-4H3,(H,25,28)/t18-/m0/s1. The molecular formula is C23H29FN2O2S. The zero-order chi connectivity index (χ0) is 21.4. The first-order valence-electron chi connectivity index (χ1n) is 9.78. The molecule has 0 aliphatic carbocycles. The first-order valence-corrected chi connectivity index (χ1v) is 10.8. The van der Waals surface area contributed by atoms with Crippen molar-refractivity contribution in [3.05, 3.63) is 65.5 Å². The number of carbonyl (C=O) groups is 2. The second kappa shape index (κ2) is 11.0. The molecular weight excluding hydrogens is 387 g/mol. The van der Waals surface area contributed by atoms with E-state index in [1.54, 1.807) is 25.1 Å². The minimum absolute atomic E-state index is 0.0518. The zero-order valence-corrected chi connectivity index (χ0v) is 18.3. The lowest BCUT2D eigenvalue weighted by atomic mass is 10.1. The van der Waals surface area contributed by atoms with E-state index in [-0.39, 0.29) is 29.9 Å². The predicted molar refractivity (Wildman–Crippen MR) is 116 cm³/mol. The van der Waals surface area contributed by atoms with E-state index in [0.717, 1.165) is 10.5 Å². The van der Waals surface area contributed by atoms with Crippen molar-refractivity contribution in [1.29, 1.82) is 0 Å². The van der Waals surface area contributed by atoms with Gasteiger partial charge in [0.15, 0.2) is 0 Å². The monoisotopic (exact) mass is 416 g/mol. The van der Waals surface area contributed by atoms with Crippen molar-refractivity contribution in [2.45, 2.75) is 45.2 Å². The quantitative estimate of drug-likeness (QED) is 0.616. The highest BCUT2D eigenvalue weighted by Gasteiger charge is 2.26. The lowest BCUT2D eigenvalue weighted by Crippen LogP contribution is -2.48. The second-order valence-corrected chi connectivity index (χ2v) is 8.58.